The lowest BCUT2D eigenvalue weighted by Gasteiger charge is -2.16. The average molecular weight is 333 g/mol. The molecule has 0 aliphatic carbocycles. The van der Waals surface area contributed by atoms with Gasteiger partial charge in [-0.25, -0.2) is 13.6 Å². The molecule has 2 rings (SSSR count). The van der Waals surface area contributed by atoms with Gasteiger partial charge < -0.3 is 10.1 Å². The average Bonchev–Trinajstić information content (AvgIpc) is 2.91. The third-order valence-electron chi connectivity index (χ3n) is 3.59. The molecule has 22 heavy (non-hydrogen) atoms. The number of nitrogens with zero attached hydrogens (tertiary/aromatic N) is 1. The number of primary sulfonamides is 1. The molecule has 1 saturated heterocycles. The van der Waals surface area contributed by atoms with Crippen molar-refractivity contribution < 1.29 is 22.5 Å². The van der Waals surface area contributed by atoms with E-state index in [1.54, 1.807) is 0 Å². The van der Waals surface area contributed by atoms with Crippen LogP contribution in [0.4, 0.5) is 10.1 Å². The second-order valence-electron chi connectivity index (χ2n) is 5.08. The van der Waals surface area contributed by atoms with Crippen molar-refractivity contribution in [2.45, 2.75) is 4.90 Å². The van der Waals surface area contributed by atoms with Crippen molar-refractivity contribution >= 4 is 15.7 Å². The summed E-state index contributed by atoms with van der Waals surface area (Å²) < 4.78 is 40.6. The largest absolute Gasteiger partial charge is 0.486 e. The van der Waals surface area contributed by atoms with E-state index in [4.69, 9.17) is 9.88 Å². The molecular formula is C12H16FN3O5S. The smallest absolute Gasteiger partial charge is 0.312 e. The Morgan fingerprint density at radius 1 is 1.41 bits per heavy atom. The van der Waals surface area contributed by atoms with Crippen LogP contribution in [0, 0.1) is 22.0 Å². The first kappa shape index (κ1) is 16.6. The van der Waals surface area contributed by atoms with Gasteiger partial charge in [0.25, 0.3) is 0 Å². The highest BCUT2D eigenvalue weighted by Crippen LogP contribution is 2.30. The standard InChI is InChI=1S/C12H16FN3O5S/c13-4-8-5-15-6-9(8)7-21-12-2-1-10(22(14,19)20)3-11(12)16(17)18/h1-3,8-9,15H,4-7H2,(H2,14,19,20)/t8-,9+/m0/s1. The number of ether oxygens (including phenoxy) is 1. The maximum absolute atomic E-state index is 12.8. The Morgan fingerprint density at radius 3 is 2.68 bits per heavy atom. The van der Waals surface area contributed by atoms with Crippen LogP contribution in [-0.2, 0) is 10.0 Å². The van der Waals surface area contributed by atoms with Crippen molar-refractivity contribution in [2.24, 2.45) is 17.0 Å². The van der Waals surface area contributed by atoms with Gasteiger partial charge >= 0.3 is 5.69 Å². The van der Waals surface area contributed by atoms with E-state index >= 15 is 0 Å². The van der Waals surface area contributed by atoms with E-state index in [1.807, 2.05) is 0 Å². The fraction of sp³-hybridized carbons (Fsp3) is 0.500. The number of halogens is 1. The molecule has 1 aromatic carbocycles. The Bertz CT molecular complexity index is 667. The van der Waals surface area contributed by atoms with E-state index in [-0.39, 0.29) is 29.1 Å². The highest BCUT2D eigenvalue weighted by atomic mass is 32.2. The van der Waals surface area contributed by atoms with Gasteiger partial charge in [-0.15, -0.1) is 0 Å². The normalized spacial score (nSPS) is 21.7. The van der Waals surface area contributed by atoms with Crippen LogP contribution in [0.2, 0.25) is 0 Å². The molecule has 10 heteroatoms. The van der Waals surface area contributed by atoms with Crippen molar-refractivity contribution in [2.75, 3.05) is 26.4 Å². The van der Waals surface area contributed by atoms with Gasteiger partial charge in [-0.1, -0.05) is 0 Å². The molecule has 1 aromatic rings. The summed E-state index contributed by atoms with van der Waals surface area (Å²) in [6.45, 7) is 0.721. The number of benzene rings is 1. The Balaban J connectivity index is 2.18. The third-order valence-corrected chi connectivity index (χ3v) is 4.50. The van der Waals surface area contributed by atoms with Crippen molar-refractivity contribution in [1.82, 2.24) is 5.32 Å². The number of rotatable bonds is 6. The van der Waals surface area contributed by atoms with Gasteiger partial charge in [0.2, 0.25) is 10.0 Å². The van der Waals surface area contributed by atoms with E-state index in [1.165, 1.54) is 6.07 Å². The SMILES string of the molecule is NS(=O)(=O)c1ccc(OC[C@H]2CNC[C@@H]2CF)c([N+](=O)[O-])c1. The van der Waals surface area contributed by atoms with Crippen molar-refractivity contribution in [3.8, 4) is 5.75 Å². The Hall–Kier alpha value is -1.78. The zero-order valence-electron chi connectivity index (χ0n) is 11.6. The fourth-order valence-corrected chi connectivity index (χ4v) is 2.83. The van der Waals surface area contributed by atoms with Gasteiger partial charge in [-0.3, -0.25) is 14.5 Å². The highest BCUT2D eigenvalue weighted by molar-refractivity contribution is 7.89. The molecule has 0 saturated carbocycles. The fourth-order valence-electron chi connectivity index (χ4n) is 2.30. The van der Waals surface area contributed by atoms with Gasteiger partial charge in [0, 0.05) is 31.0 Å². The minimum atomic E-state index is -4.04. The molecule has 8 nitrogen and oxygen atoms in total. The molecule has 0 bridgehead atoms. The minimum absolute atomic E-state index is 0.0677. The summed E-state index contributed by atoms with van der Waals surface area (Å²) in [6.07, 6.45) is 0. The number of hydrogen-bond donors (Lipinski definition) is 2. The molecule has 1 heterocycles. The van der Waals surface area contributed by atoms with Crippen LogP contribution in [0.5, 0.6) is 5.75 Å². The number of nitro benzene ring substituents is 1. The summed E-state index contributed by atoms with van der Waals surface area (Å²) in [5.41, 5.74) is -0.491. The van der Waals surface area contributed by atoms with Gasteiger partial charge in [0.05, 0.1) is 23.1 Å². The number of nitro groups is 1. The number of sulfonamides is 1. The molecule has 122 valence electrons. The number of alkyl halides is 1. The van der Waals surface area contributed by atoms with Gasteiger partial charge in [0.15, 0.2) is 5.75 Å². The lowest BCUT2D eigenvalue weighted by Crippen LogP contribution is -2.22. The summed E-state index contributed by atoms with van der Waals surface area (Å²) in [7, 11) is -4.04. The van der Waals surface area contributed by atoms with Crippen LogP contribution < -0.4 is 15.2 Å². The molecule has 1 aliphatic heterocycles. The Labute approximate surface area is 126 Å². The van der Waals surface area contributed by atoms with E-state index in [0.717, 1.165) is 12.1 Å². The molecule has 0 amide bonds. The van der Waals surface area contributed by atoms with Crippen molar-refractivity contribution in [1.29, 1.82) is 0 Å². The lowest BCUT2D eigenvalue weighted by molar-refractivity contribution is -0.386. The number of hydrogen-bond acceptors (Lipinski definition) is 6. The summed E-state index contributed by atoms with van der Waals surface area (Å²) in [5.74, 6) is -0.354. The topological polar surface area (TPSA) is 125 Å². The molecule has 3 N–H and O–H groups in total. The highest BCUT2D eigenvalue weighted by Gasteiger charge is 2.28. The molecule has 2 atom stereocenters. The Morgan fingerprint density at radius 2 is 2.09 bits per heavy atom. The van der Waals surface area contributed by atoms with Gasteiger partial charge in [-0.2, -0.15) is 0 Å². The van der Waals surface area contributed by atoms with Crippen LogP contribution in [0.25, 0.3) is 0 Å². The summed E-state index contributed by atoms with van der Waals surface area (Å²) in [6, 6.07) is 3.17. The first-order valence-electron chi connectivity index (χ1n) is 6.53. The first-order chi connectivity index (χ1) is 10.3. The quantitative estimate of drug-likeness (QED) is 0.574. The monoisotopic (exact) mass is 333 g/mol. The van der Waals surface area contributed by atoms with Crippen molar-refractivity contribution in [3.05, 3.63) is 28.3 Å². The predicted molar refractivity (Wildman–Crippen MR) is 75.8 cm³/mol. The maximum atomic E-state index is 12.8. The Kier molecular flexibility index (Phi) is 4.94. The van der Waals surface area contributed by atoms with Crippen molar-refractivity contribution in [3.63, 3.8) is 0 Å². The van der Waals surface area contributed by atoms with E-state index < -0.39 is 27.3 Å². The molecule has 0 radical (unpaired) electrons. The number of nitrogens with one attached hydrogen (secondary N) is 1. The summed E-state index contributed by atoms with van der Waals surface area (Å²) in [4.78, 5) is 9.92. The molecule has 0 unspecified atom stereocenters. The second-order valence-corrected chi connectivity index (χ2v) is 6.64. The minimum Gasteiger partial charge on any atom is -0.486 e. The second kappa shape index (κ2) is 6.55. The van der Waals surface area contributed by atoms with Crippen LogP contribution >= 0.6 is 0 Å². The predicted octanol–water partition coefficient (Wildman–Crippen LogP) is 0.426. The van der Waals surface area contributed by atoms with Gasteiger partial charge in [-0.05, 0) is 12.1 Å². The lowest BCUT2D eigenvalue weighted by atomic mass is 9.98. The maximum Gasteiger partial charge on any atom is 0.312 e. The molecule has 0 aromatic heterocycles. The van der Waals surface area contributed by atoms with E-state index in [9.17, 15) is 22.9 Å². The van der Waals surface area contributed by atoms with Gasteiger partial charge in [0.1, 0.15) is 0 Å². The molecule has 1 fully saturated rings. The summed E-state index contributed by atoms with van der Waals surface area (Å²) >= 11 is 0. The van der Waals surface area contributed by atoms with Crippen LogP contribution in [-0.4, -0.2) is 39.7 Å². The zero-order valence-corrected chi connectivity index (χ0v) is 12.4. The first-order valence-corrected chi connectivity index (χ1v) is 8.08. The zero-order chi connectivity index (χ0) is 16.3. The van der Waals surface area contributed by atoms with Crippen LogP contribution in [0.3, 0.4) is 0 Å². The van der Waals surface area contributed by atoms with Crippen LogP contribution in [0.15, 0.2) is 23.1 Å². The number of nitrogens with two attached hydrogens (primary N) is 1. The van der Waals surface area contributed by atoms with E-state index in [0.29, 0.717) is 13.1 Å². The van der Waals surface area contributed by atoms with Crippen LogP contribution in [0.1, 0.15) is 0 Å². The van der Waals surface area contributed by atoms with E-state index in [2.05, 4.69) is 5.32 Å². The third kappa shape index (κ3) is 3.70. The molecule has 1 aliphatic rings. The molecule has 0 spiro atoms. The summed E-state index contributed by atoms with van der Waals surface area (Å²) in [5, 5.41) is 19.0. The molecular weight excluding hydrogens is 317 g/mol.